The fourth-order valence-electron chi connectivity index (χ4n) is 2.94. The van der Waals surface area contributed by atoms with Gasteiger partial charge in [-0.15, -0.1) is 12.4 Å². The van der Waals surface area contributed by atoms with Crippen molar-refractivity contribution in [3.63, 3.8) is 0 Å². The molecule has 144 valence electrons. The Labute approximate surface area is 172 Å². The highest BCUT2D eigenvalue weighted by atomic mass is 79.9. The lowest BCUT2D eigenvalue weighted by molar-refractivity contribution is -0.139. The van der Waals surface area contributed by atoms with Gasteiger partial charge >= 0.3 is 5.97 Å². The van der Waals surface area contributed by atoms with Crippen LogP contribution in [0.5, 0.6) is 5.75 Å². The minimum atomic E-state index is -0.861. The van der Waals surface area contributed by atoms with E-state index >= 15 is 0 Å². The first kappa shape index (κ1) is 21.3. The van der Waals surface area contributed by atoms with Gasteiger partial charge in [0.25, 0.3) is 0 Å². The summed E-state index contributed by atoms with van der Waals surface area (Å²) in [4.78, 5) is 14.9. The van der Waals surface area contributed by atoms with Crippen LogP contribution in [0.25, 0.3) is 10.9 Å². The first-order valence-corrected chi connectivity index (χ1v) is 9.30. The molecule has 0 spiro atoms. The number of para-hydroxylation sites is 1. The number of ether oxygens (including phenoxy) is 1. The molecule has 27 heavy (non-hydrogen) atoms. The predicted molar refractivity (Wildman–Crippen MR) is 113 cm³/mol. The largest absolute Gasteiger partial charge is 0.493 e. The van der Waals surface area contributed by atoms with Gasteiger partial charge in [-0.3, -0.25) is 4.79 Å². The van der Waals surface area contributed by atoms with Crippen molar-refractivity contribution in [1.82, 2.24) is 10.3 Å². The van der Waals surface area contributed by atoms with Crippen LogP contribution in [0.15, 0.2) is 53.1 Å². The minimum absolute atomic E-state index is 0. The number of hydrogen-bond donors (Lipinski definition) is 3. The fourth-order valence-corrected chi connectivity index (χ4v) is 3.48. The van der Waals surface area contributed by atoms with Gasteiger partial charge in [0.05, 0.1) is 11.1 Å². The van der Waals surface area contributed by atoms with Gasteiger partial charge in [0, 0.05) is 30.1 Å². The predicted octanol–water partition coefficient (Wildman–Crippen LogP) is 4.54. The molecule has 1 unspecified atom stereocenters. The summed E-state index contributed by atoms with van der Waals surface area (Å²) in [7, 11) is 0. The van der Waals surface area contributed by atoms with Crippen LogP contribution < -0.4 is 10.1 Å². The molecule has 0 fully saturated rings. The van der Waals surface area contributed by atoms with Crippen molar-refractivity contribution in [3.8, 4) is 5.75 Å². The van der Waals surface area contributed by atoms with E-state index in [0.717, 1.165) is 32.3 Å². The summed E-state index contributed by atoms with van der Waals surface area (Å²) in [6.45, 7) is 3.00. The maximum absolute atomic E-state index is 11.7. The summed E-state index contributed by atoms with van der Waals surface area (Å²) in [6, 6.07) is 13.0. The standard InChI is InChI=1S/C20H21BrN2O3.ClH/c1-2-26-19-8-7-13(9-16(19)21)11-22-18(20(24)25)10-14-12-23-17-6-4-3-5-15(14)17;/h3-9,12,18,22-23H,2,10-11H2,1H3,(H,24,25);1H. The number of carbonyl (C=O) groups is 1. The molecule has 3 aromatic rings. The SMILES string of the molecule is CCOc1ccc(CNC(Cc2c[nH]c3ccccc23)C(=O)O)cc1Br.Cl. The first-order valence-electron chi connectivity index (χ1n) is 8.51. The van der Waals surface area contributed by atoms with Crippen LogP contribution in [-0.4, -0.2) is 28.7 Å². The van der Waals surface area contributed by atoms with Gasteiger partial charge in [0.2, 0.25) is 0 Å². The second-order valence-corrected chi connectivity index (χ2v) is 6.89. The number of nitrogens with one attached hydrogen (secondary N) is 2. The Morgan fingerprint density at radius 1 is 1.30 bits per heavy atom. The number of aliphatic carboxylic acids is 1. The highest BCUT2D eigenvalue weighted by Crippen LogP contribution is 2.26. The maximum atomic E-state index is 11.7. The van der Waals surface area contributed by atoms with Crippen molar-refractivity contribution in [2.24, 2.45) is 0 Å². The molecule has 0 radical (unpaired) electrons. The molecule has 0 saturated heterocycles. The zero-order valence-electron chi connectivity index (χ0n) is 14.9. The third kappa shape index (κ3) is 5.25. The van der Waals surface area contributed by atoms with Crippen molar-refractivity contribution < 1.29 is 14.6 Å². The molecule has 1 aromatic heterocycles. The molecule has 1 heterocycles. The van der Waals surface area contributed by atoms with Gasteiger partial charge in [-0.25, -0.2) is 0 Å². The van der Waals surface area contributed by atoms with Crippen LogP contribution in [-0.2, 0) is 17.8 Å². The van der Waals surface area contributed by atoms with Crippen LogP contribution >= 0.6 is 28.3 Å². The number of carboxylic acid groups (broad SMARTS) is 1. The molecular formula is C20H22BrClN2O3. The lowest BCUT2D eigenvalue weighted by Gasteiger charge is -2.15. The molecule has 3 N–H and O–H groups in total. The molecular weight excluding hydrogens is 432 g/mol. The van der Waals surface area contributed by atoms with Crippen molar-refractivity contribution in [2.45, 2.75) is 25.9 Å². The average Bonchev–Trinajstić information content (AvgIpc) is 3.03. The van der Waals surface area contributed by atoms with E-state index in [1.165, 1.54) is 0 Å². The van der Waals surface area contributed by atoms with Gasteiger partial charge in [0.15, 0.2) is 0 Å². The Balaban J connectivity index is 0.00000261. The molecule has 7 heteroatoms. The lowest BCUT2D eigenvalue weighted by atomic mass is 10.0. The zero-order chi connectivity index (χ0) is 18.5. The second kappa shape index (κ2) is 9.78. The number of fused-ring (bicyclic) bond motifs is 1. The van der Waals surface area contributed by atoms with Crippen LogP contribution in [0, 0.1) is 0 Å². The molecule has 0 aliphatic heterocycles. The number of aromatic amines is 1. The molecule has 0 aliphatic carbocycles. The second-order valence-electron chi connectivity index (χ2n) is 6.03. The third-order valence-corrected chi connectivity index (χ3v) is 4.87. The molecule has 5 nitrogen and oxygen atoms in total. The summed E-state index contributed by atoms with van der Waals surface area (Å²) in [5, 5.41) is 13.8. The first-order chi connectivity index (χ1) is 12.6. The fraction of sp³-hybridized carbons (Fsp3) is 0.250. The Morgan fingerprint density at radius 2 is 2.07 bits per heavy atom. The number of benzene rings is 2. The Bertz CT molecular complexity index is 913. The number of carboxylic acids is 1. The Kier molecular flexibility index (Phi) is 7.71. The van der Waals surface area contributed by atoms with E-state index in [2.05, 4.69) is 26.2 Å². The van der Waals surface area contributed by atoms with Crippen molar-refractivity contribution >= 4 is 45.2 Å². The summed E-state index contributed by atoms with van der Waals surface area (Å²) < 4.78 is 6.36. The van der Waals surface area contributed by atoms with E-state index in [9.17, 15) is 9.90 Å². The molecule has 0 aliphatic rings. The van der Waals surface area contributed by atoms with Crippen molar-refractivity contribution in [3.05, 3.63) is 64.3 Å². The molecule has 0 saturated carbocycles. The summed E-state index contributed by atoms with van der Waals surface area (Å²) >= 11 is 3.49. The average molecular weight is 454 g/mol. The maximum Gasteiger partial charge on any atom is 0.321 e. The van der Waals surface area contributed by atoms with E-state index in [1.807, 2.05) is 55.6 Å². The molecule has 1 atom stereocenters. The van der Waals surface area contributed by atoms with Crippen LogP contribution in [0.4, 0.5) is 0 Å². The van der Waals surface area contributed by atoms with E-state index in [-0.39, 0.29) is 12.4 Å². The minimum Gasteiger partial charge on any atom is -0.493 e. The molecule has 3 rings (SSSR count). The van der Waals surface area contributed by atoms with Crippen molar-refractivity contribution in [2.75, 3.05) is 6.61 Å². The Hall–Kier alpha value is -2.02. The third-order valence-electron chi connectivity index (χ3n) is 4.25. The van der Waals surface area contributed by atoms with Crippen molar-refractivity contribution in [1.29, 1.82) is 0 Å². The lowest BCUT2D eigenvalue weighted by Crippen LogP contribution is -2.38. The number of rotatable bonds is 8. The monoisotopic (exact) mass is 452 g/mol. The van der Waals surface area contributed by atoms with E-state index in [0.29, 0.717) is 19.6 Å². The highest BCUT2D eigenvalue weighted by Gasteiger charge is 2.19. The molecule has 2 aromatic carbocycles. The van der Waals surface area contributed by atoms with E-state index in [1.54, 1.807) is 0 Å². The summed E-state index contributed by atoms with van der Waals surface area (Å²) in [6.07, 6.45) is 2.30. The van der Waals surface area contributed by atoms with Crippen LogP contribution in [0.2, 0.25) is 0 Å². The quantitative estimate of drug-likeness (QED) is 0.468. The Morgan fingerprint density at radius 3 is 2.78 bits per heavy atom. The van der Waals surface area contributed by atoms with E-state index < -0.39 is 12.0 Å². The topological polar surface area (TPSA) is 74.3 Å². The van der Waals surface area contributed by atoms with Gasteiger partial charge in [-0.05, 0) is 52.2 Å². The van der Waals surface area contributed by atoms with Gasteiger partial charge in [-0.2, -0.15) is 0 Å². The van der Waals surface area contributed by atoms with Crippen LogP contribution in [0.3, 0.4) is 0 Å². The normalized spacial score (nSPS) is 11.8. The van der Waals surface area contributed by atoms with E-state index in [4.69, 9.17) is 4.74 Å². The number of halogens is 2. The summed E-state index contributed by atoms with van der Waals surface area (Å²) in [5.74, 6) is -0.0786. The molecule has 0 amide bonds. The smallest absolute Gasteiger partial charge is 0.321 e. The highest BCUT2D eigenvalue weighted by molar-refractivity contribution is 9.10. The van der Waals surface area contributed by atoms with Gasteiger partial charge in [0.1, 0.15) is 11.8 Å². The van der Waals surface area contributed by atoms with Gasteiger partial charge in [-0.1, -0.05) is 24.3 Å². The summed E-state index contributed by atoms with van der Waals surface area (Å²) in [5.41, 5.74) is 3.00. The number of hydrogen-bond acceptors (Lipinski definition) is 3. The van der Waals surface area contributed by atoms with Crippen LogP contribution in [0.1, 0.15) is 18.1 Å². The number of H-pyrrole nitrogens is 1. The zero-order valence-corrected chi connectivity index (χ0v) is 17.3. The molecule has 0 bridgehead atoms. The number of aromatic nitrogens is 1. The van der Waals surface area contributed by atoms with Gasteiger partial charge < -0.3 is 20.1 Å².